The number of aryl methyl sites for hydroxylation is 1. The number of amides is 1. The molecule has 0 spiro atoms. The summed E-state index contributed by atoms with van der Waals surface area (Å²) in [5, 5.41) is 6.23. The molecule has 6 nitrogen and oxygen atoms in total. The highest BCUT2D eigenvalue weighted by Crippen LogP contribution is 2.19. The highest BCUT2D eigenvalue weighted by molar-refractivity contribution is 8.14. The number of ether oxygens (including phenoxy) is 1. The standard InChI is InChI=1S/C17H20N4O2S2/c1-13-11-24-16(18-13)20-15(22)12-25-17(21-7-9-23-10-8-21)19-14-5-3-2-4-6-14/h2-6,11H,7-10,12H2,1H3,(H,18,20,22). The van der Waals surface area contributed by atoms with Crippen molar-refractivity contribution in [2.24, 2.45) is 4.99 Å². The molecule has 1 fully saturated rings. The number of para-hydroxylation sites is 1. The predicted octanol–water partition coefficient (Wildman–Crippen LogP) is 3.14. The Labute approximate surface area is 155 Å². The van der Waals surface area contributed by atoms with Crippen molar-refractivity contribution in [2.75, 3.05) is 37.4 Å². The van der Waals surface area contributed by atoms with Gasteiger partial charge in [-0.15, -0.1) is 11.3 Å². The first-order chi connectivity index (χ1) is 12.2. The molecule has 0 saturated carbocycles. The molecule has 0 unspecified atom stereocenters. The van der Waals surface area contributed by atoms with E-state index < -0.39 is 0 Å². The van der Waals surface area contributed by atoms with Gasteiger partial charge < -0.3 is 15.0 Å². The highest BCUT2D eigenvalue weighted by atomic mass is 32.2. The summed E-state index contributed by atoms with van der Waals surface area (Å²) in [5.41, 5.74) is 1.79. The Morgan fingerprint density at radius 2 is 2.12 bits per heavy atom. The summed E-state index contributed by atoms with van der Waals surface area (Å²) in [5.74, 6) is 0.218. The molecular formula is C17H20N4O2S2. The number of anilines is 1. The van der Waals surface area contributed by atoms with Gasteiger partial charge in [-0.2, -0.15) is 0 Å². The van der Waals surface area contributed by atoms with Gasteiger partial charge in [0.15, 0.2) is 10.3 Å². The van der Waals surface area contributed by atoms with E-state index in [1.54, 1.807) is 0 Å². The summed E-state index contributed by atoms with van der Waals surface area (Å²) in [6.07, 6.45) is 0. The number of carbonyl (C=O) groups excluding carboxylic acids is 1. The Bertz CT molecular complexity index is 727. The molecule has 1 amide bonds. The number of morpholine rings is 1. The number of thioether (sulfide) groups is 1. The number of thiazole rings is 1. The van der Waals surface area contributed by atoms with Gasteiger partial charge in [0.25, 0.3) is 0 Å². The number of hydrogen-bond donors (Lipinski definition) is 1. The lowest BCUT2D eigenvalue weighted by atomic mass is 10.3. The fraction of sp³-hybridized carbons (Fsp3) is 0.353. The van der Waals surface area contributed by atoms with Crippen molar-refractivity contribution in [3.05, 3.63) is 41.4 Å². The van der Waals surface area contributed by atoms with Crippen molar-refractivity contribution in [1.82, 2.24) is 9.88 Å². The average Bonchev–Trinajstić information content (AvgIpc) is 3.05. The van der Waals surface area contributed by atoms with Crippen molar-refractivity contribution >= 4 is 45.0 Å². The quantitative estimate of drug-likeness (QED) is 0.656. The van der Waals surface area contributed by atoms with Gasteiger partial charge >= 0.3 is 0 Å². The molecule has 1 N–H and O–H groups in total. The molecule has 0 atom stereocenters. The molecule has 1 saturated heterocycles. The average molecular weight is 377 g/mol. The smallest absolute Gasteiger partial charge is 0.236 e. The van der Waals surface area contributed by atoms with E-state index in [0.29, 0.717) is 24.1 Å². The van der Waals surface area contributed by atoms with Crippen LogP contribution in [0.25, 0.3) is 0 Å². The zero-order valence-electron chi connectivity index (χ0n) is 14.0. The van der Waals surface area contributed by atoms with Crippen LogP contribution >= 0.6 is 23.1 Å². The number of benzene rings is 1. The molecule has 0 bridgehead atoms. The van der Waals surface area contributed by atoms with Gasteiger partial charge in [0.2, 0.25) is 5.91 Å². The number of rotatable bonds is 4. The van der Waals surface area contributed by atoms with Crippen LogP contribution in [-0.4, -0.2) is 53.0 Å². The largest absolute Gasteiger partial charge is 0.378 e. The third-order valence-electron chi connectivity index (χ3n) is 3.46. The van der Waals surface area contributed by atoms with Gasteiger partial charge in [-0.05, 0) is 19.1 Å². The molecule has 25 heavy (non-hydrogen) atoms. The zero-order chi connectivity index (χ0) is 17.5. The second kappa shape index (κ2) is 8.98. The van der Waals surface area contributed by atoms with Crippen molar-refractivity contribution < 1.29 is 9.53 Å². The Balaban J connectivity index is 1.64. The number of nitrogens with zero attached hydrogens (tertiary/aromatic N) is 3. The molecule has 1 aromatic carbocycles. The Kier molecular flexibility index (Phi) is 6.43. The van der Waals surface area contributed by atoms with E-state index in [4.69, 9.17) is 9.73 Å². The zero-order valence-corrected chi connectivity index (χ0v) is 15.6. The van der Waals surface area contributed by atoms with E-state index in [-0.39, 0.29) is 5.91 Å². The number of nitrogens with one attached hydrogen (secondary N) is 1. The molecule has 0 radical (unpaired) electrons. The summed E-state index contributed by atoms with van der Waals surface area (Å²) >= 11 is 2.88. The van der Waals surface area contributed by atoms with Crippen LogP contribution in [0.1, 0.15) is 5.69 Å². The first-order valence-electron chi connectivity index (χ1n) is 8.02. The number of carbonyl (C=O) groups is 1. The van der Waals surface area contributed by atoms with Gasteiger partial charge in [0.05, 0.1) is 30.3 Å². The van der Waals surface area contributed by atoms with E-state index in [1.807, 2.05) is 42.6 Å². The van der Waals surface area contributed by atoms with Crippen molar-refractivity contribution in [2.45, 2.75) is 6.92 Å². The maximum Gasteiger partial charge on any atom is 0.236 e. The molecule has 3 rings (SSSR count). The summed E-state index contributed by atoms with van der Waals surface area (Å²) < 4.78 is 5.41. The molecule has 1 aromatic heterocycles. The number of amidine groups is 1. The van der Waals surface area contributed by atoms with Crippen LogP contribution < -0.4 is 5.32 Å². The fourth-order valence-corrected chi connectivity index (χ4v) is 3.83. The van der Waals surface area contributed by atoms with Crippen LogP contribution in [0.3, 0.4) is 0 Å². The summed E-state index contributed by atoms with van der Waals surface area (Å²) in [4.78, 5) is 23.3. The van der Waals surface area contributed by atoms with Crippen LogP contribution in [-0.2, 0) is 9.53 Å². The molecule has 1 aliphatic rings. The second-order valence-corrected chi connectivity index (χ2v) is 7.26. The van der Waals surface area contributed by atoms with Gasteiger partial charge in [-0.1, -0.05) is 30.0 Å². The minimum absolute atomic E-state index is 0.0756. The van der Waals surface area contributed by atoms with Crippen molar-refractivity contribution in [3.63, 3.8) is 0 Å². The third kappa shape index (κ3) is 5.55. The van der Waals surface area contributed by atoms with E-state index in [1.165, 1.54) is 23.1 Å². The monoisotopic (exact) mass is 376 g/mol. The van der Waals surface area contributed by atoms with E-state index in [2.05, 4.69) is 15.2 Å². The molecule has 1 aliphatic heterocycles. The lowest BCUT2D eigenvalue weighted by molar-refractivity contribution is -0.113. The maximum absolute atomic E-state index is 12.2. The van der Waals surface area contributed by atoms with Crippen molar-refractivity contribution in [1.29, 1.82) is 0 Å². The van der Waals surface area contributed by atoms with Crippen LogP contribution in [0.4, 0.5) is 10.8 Å². The molecule has 8 heteroatoms. The van der Waals surface area contributed by atoms with Gasteiger partial charge in [-0.3, -0.25) is 4.79 Å². The van der Waals surface area contributed by atoms with E-state index in [9.17, 15) is 4.79 Å². The predicted molar refractivity (Wildman–Crippen MR) is 104 cm³/mol. The van der Waals surface area contributed by atoms with Gasteiger partial charge in [-0.25, -0.2) is 9.98 Å². The van der Waals surface area contributed by atoms with Gasteiger partial charge in [0, 0.05) is 18.5 Å². The molecule has 2 heterocycles. The Morgan fingerprint density at radius 1 is 1.36 bits per heavy atom. The minimum Gasteiger partial charge on any atom is -0.378 e. The lowest BCUT2D eigenvalue weighted by Crippen LogP contribution is -2.39. The maximum atomic E-state index is 12.2. The summed E-state index contributed by atoms with van der Waals surface area (Å²) in [6, 6.07) is 9.79. The molecule has 132 valence electrons. The normalized spacial score (nSPS) is 15.2. The first-order valence-corrected chi connectivity index (χ1v) is 9.88. The second-order valence-electron chi connectivity index (χ2n) is 5.46. The summed E-state index contributed by atoms with van der Waals surface area (Å²) in [6.45, 7) is 4.83. The Hall–Kier alpha value is -1.90. The van der Waals surface area contributed by atoms with Crippen LogP contribution in [0.5, 0.6) is 0 Å². The topological polar surface area (TPSA) is 66.8 Å². The number of aliphatic imine (C=N–C) groups is 1. The van der Waals surface area contributed by atoms with Crippen LogP contribution in [0.15, 0.2) is 40.7 Å². The Morgan fingerprint density at radius 3 is 2.80 bits per heavy atom. The fourth-order valence-electron chi connectivity index (χ4n) is 2.26. The van der Waals surface area contributed by atoms with E-state index >= 15 is 0 Å². The van der Waals surface area contributed by atoms with E-state index in [0.717, 1.165) is 29.6 Å². The molecular weight excluding hydrogens is 356 g/mol. The first kappa shape index (κ1) is 17.9. The molecule has 0 aliphatic carbocycles. The van der Waals surface area contributed by atoms with Crippen LogP contribution in [0.2, 0.25) is 0 Å². The minimum atomic E-state index is -0.0756. The highest BCUT2D eigenvalue weighted by Gasteiger charge is 2.17. The van der Waals surface area contributed by atoms with Crippen molar-refractivity contribution in [3.8, 4) is 0 Å². The SMILES string of the molecule is Cc1csc(NC(=O)CSC(=Nc2ccccc2)N2CCOCC2)n1. The van der Waals surface area contributed by atoms with Crippen LogP contribution in [0, 0.1) is 6.92 Å². The lowest BCUT2D eigenvalue weighted by Gasteiger charge is -2.29. The number of hydrogen-bond acceptors (Lipinski definition) is 6. The number of aromatic nitrogens is 1. The molecule has 2 aromatic rings. The summed E-state index contributed by atoms with van der Waals surface area (Å²) in [7, 11) is 0. The van der Waals surface area contributed by atoms with Gasteiger partial charge in [0.1, 0.15) is 0 Å². The third-order valence-corrected chi connectivity index (χ3v) is 5.35.